The van der Waals surface area contributed by atoms with E-state index in [0.29, 0.717) is 19.5 Å². The van der Waals surface area contributed by atoms with Gasteiger partial charge in [-0.25, -0.2) is 12.8 Å². The van der Waals surface area contributed by atoms with Crippen LogP contribution in [-0.4, -0.2) is 51.3 Å². The van der Waals surface area contributed by atoms with Crippen molar-refractivity contribution in [1.82, 2.24) is 4.31 Å². The fraction of sp³-hybridized carbons (Fsp3) is 0.417. The minimum Gasteiger partial charge on any atom is -0.496 e. The zero-order valence-corrected chi connectivity index (χ0v) is 19.4. The molecule has 1 saturated heterocycles. The van der Waals surface area contributed by atoms with E-state index in [1.165, 1.54) is 23.5 Å². The van der Waals surface area contributed by atoms with Crippen LogP contribution in [0.5, 0.6) is 5.75 Å². The molecule has 0 amide bonds. The lowest BCUT2D eigenvalue weighted by molar-refractivity contribution is -0.142. The molecule has 33 heavy (non-hydrogen) atoms. The summed E-state index contributed by atoms with van der Waals surface area (Å²) < 4.78 is 50.7. The highest BCUT2D eigenvalue weighted by atomic mass is 32.2. The van der Waals surface area contributed by atoms with Crippen LogP contribution in [-0.2, 0) is 26.0 Å². The normalized spacial score (nSPS) is 15.0. The quantitative estimate of drug-likeness (QED) is 0.404. The predicted molar refractivity (Wildman–Crippen MR) is 120 cm³/mol. The Morgan fingerprint density at radius 3 is 2.30 bits per heavy atom. The summed E-state index contributed by atoms with van der Waals surface area (Å²) >= 11 is 0. The lowest BCUT2D eigenvalue weighted by atomic mass is 10.1. The highest BCUT2D eigenvalue weighted by molar-refractivity contribution is 7.89. The monoisotopic (exact) mass is 477 g/mol. The molecular formula is C24H28FNO6S. The molecule has 1 heterocycles. The van der Waals surface area contributed by atoms with E-state index >= 15 is 0 Å². The molecule has 0 aliphatic carbocycles. The molecule has 9 heteroatoms. The van der Waals surface area contributed by atoms with Crippen LogP contribution in [0, 0.1) is 5.82 Å². The number of carbonyl (C=O) groups is 2. The van der Waals surface area contributed by atoms with Crippen molar-refractivity contribution in [1.29, 1.82) is 0 Å². The lowest BCUT2D eigenvalue weighted by Crippen LogP contribution is -2.31. The summed E-state index contributed by atoms with van der Waals surface area (Å²) in [5.41, 5.74) is 0.784. The minimum atomic E-state index is -3.52. The van der Waals surface area contributed by atoms with Gasteiger partial charge in [0.25, 0.3) is 0 Å². The number of nitrogens with zero attached hydrogens (tertiary/aromatic N) is 1. The lowest BCUT2D eigenvalue weighted by Gasteiger charge is -2.20. The van der Waals surface area contributed by atoms with Gasteiger partial charge in [-0.1, -0.05) is 25.0 Å². The number of esters is 1. The number of ether oxygens (including phenoxy) is 2. The Labute approximate surface area is 193 Å². The third-order valence-electron chi connectivity index (χ3n) is 5.57. The van der Waals surface area contributed by atoms with E-state index in [0.717, 1.165) is 37.3 Å². The van der Waals surface area contributed by atoms with Gasteiger partial charge in [0.1, 0.15) is 11.6 Å². The molecule has 178 valence electrons. The number of halogens is 1. The third-order valence-corrected chi connectivity index (χ3v) is 7.48. The van der Waals surface area contributed by atoms with Crippen LogP contribution in [0.4, 0.5) is 4.39 Å². The molecular weight excluding hydrogens is 449 g/mol. The number of carbonyl (C=O) groups excluding carboxylic acids is 2. The first-order chi connectivity index (χ1) is 15.8. The van der Waals surface area contributed by atoms with Gasteiger partial charge >= 0.3 is 5.97 Å². The van der Waals surface area contributed by atoms with Crippen LogP contribution >= 0.6 is 0 Å². The zero-order chi connectivity index (χ0) is 23.8. The van der Waals surface area contributed by atoms with Crippen molar-refractivity contribution in [3.63, 3.8) is 0 Å². The van der Waals surface area contributed by atoms with Crippen LogP contribution in [0.15, 0.2) is 47.4 Å². The average molecular weight is 478 g/mol. The van der Waals surface area contributed by atoms with E-state index in [1.54, 1.807) is 24.3 Å². The Kier molecular flexibility index (Phi) is 8.57. The van der Waals surface area contributed by atoms with Crippen LogP contribution < -0.4 is 4.74 Å². The zero-order valence-electron chi connectivity index (χ0n) is 18.6. The van der Waals surface area contributed by atoms with Crippen LogP contribution in [0.2, 0.25) is 0 Å². The molecule has 0 atom stereocenters. The molecule has 2 aromatic rings. The first-order valence-corrected chi connectivity index (χ1v) is 12.4. The van der Waals surface area contributed by atoms with E-state index in [2.05, 4.69) is 0 Å². The first kappa shape index (κ1) is 24.9. The highest BCUT2D eigenvalue weighted by Crippen LogP contribution is 2.22. The second-order valence-electron chi connectivity index (χ2n) is 7.89. The summed E-state index contributed by atoms with van der Waals surface area (Å²) in [5.74, 6) is -1.54. The van der Waals surface area contributed by atoms with Gasteiger partial charge in [-0.2, -0.15) is 4.31 Å². The van der Waals surface area contributed by atoms with Crippen molar-refractivity contribution in [3.05, 3.63) is 59.4 Å². The average Bonchev–Trinajstić information content (AvgIpc) is 3.12. The number of methoxy groups -OCH3 is 1. The molecule has 2 aromatic carbocycles. The molecule has 1 aliphatic rings. The molecule has 0 unspecified atom stereocenters. The maximum absolute atomic E-state index is 13.4. The maximum Gasteiger partial charge on any atom is 0.306 e. The van der Waals surface area contributed by atoms with Crippen LogP contribution in [0.3, 0.4) is 0 Å². The topological polar surface area (TPSA) is 90.0 Å². The van der Waals surface area contributed by atoms with Crippen molar-refractivity contribution in [3.8, 4) is 5.75 Å². The van der Waals surface area contributed by atoms with Crippen molar-refractivity contribution in [2.75, 3.05) is 26.8 Å². The third kappa shape index (κ3) is 6.61. The van der Waals surface area contributed by atoms with Gasteiger partial charge in [0.15, 0.2) is 6.61 Å². The number of rotatable bonds is 9. The van der Waals surface area contributed by atoms with Gasteiger partial charge in [-0.3, -0.25) is 9.59 Å². The second-order valence-corrected chi connectivity index (χ2v) is 9.83. The summed E-state index contributed by atoms with van der Waals surface area (Å²) in [4.78, 5) is 24.6. The van der Waals surface area contributed by atoms with E-state index in [-0.39, 0.29) is 22.6 Å². The smallest absolute Gasteiger partial charge is 0.306 e. The number of hydrogen-bond acceptors (Lipinski definition) is 6. The Hall–Kier alpha value is -2.78. The van der Waals surface area contributed by atoms with E-state index in [4.69, 9.17) is 9.47 Å². The molecule has 1 aliphatic heterocycles. The van der Waals surface area contributed by atoms with Crippen LogP contribution in [0.25, 0.3) is 0 Å². The van der Waals surface area contributed by atoms with Gasteiger partial charge in [0.05, 0.1) is 17.6 Å². The molecule has 0 bridgehead atoms. The molecule has 0 N–H and O–H groups in total. The standard InChI is InChI=1S/C24H28FNO6S/c1-31-23-12-9-19(25)16-21(23)22(27)17-32-24(28)13-8-18-6-10-20(11-7-18)33(29,30)26-14-4-2-3-5-15-26/h6-7,9-12,16H,2-5,8,13-15,17H2,1H3. The molecule has 1 fully saturated rings. The maximum atomic E-state index is 13.4. The summed E-state index contributed by atoms with van der Waals surface area (Å²) in [6.07, 6.45) is 4.18. The van der Waals surface area contributed by atoms with Gasteiger partial charge < -0.3 is 9.47 Å². The second kappa shape index (κ2) is 11.4. The number of hydrogen-bond donors (Lipinski definition) is 0. The predicted octanol–water partition coefficient (Wildman–Crippen LogP) is 3.76. The van der Waals surface area contributed by atoms with Crippen molar-refractivity contribution >= 4 is 21.8 Å². The Morgan fingerprint density at radius 2 is 1.67 bits per heavy atom. The molecule has 0 spiro atoms. The number of sulfonamides is 1. The summed E-state index contributed by atoms with van der Waals surface area (Å²) in [6, 6.07) is 10.0. The first-order valence-electron chi connectivity index (χ1n) is 10.9. The largest absolute Gasteiger partial charge is 0.496 e. The molecule has 0 radical (unpaired) electrons. The molecule has 7 nitrogen and oxygen atoms in total. The molecule has 0 saturated carbocycles. The Balaban J connectivity index is 1.51. The van der Waals surface area contributed by atoms with Gasteiger partial charge in [-0.05, 0) is 55.2 Å². The fourth-order valence-corrected chi connectivity index (χ4v) is 5.22. The van der Waals surface area contributed by atoms with Gasteiger partial charge in [0.2, 0.25) is 15.8 Å². The SMILES string of the molecule is COc1ccc(F)cc1C(=O)COC(=O)CCc1ccc(S(=O)(=O)N2CCCCCC2)cc1. The van der Waals surface area contributed by atoms with Crippen LogP contribution in [0.1, 0.15) is 48.0 Å². The van der Waals surface area contributed by atoms with Crippen molar-refractivity contribution in [2.45, 2.75) is 43.4 Å². The van der Waals surface area contributed by atoms with E-state index in [1.807, 2.05) is 0 Å². The summed E-state index contributed by atoms with van der Waals surface area (Å²) in [5, 5.41) is 0. The van der Waals surface area contributed by atoms with Crippen molar-refractivity contribution in [2.24, 2.45) is 0 Å². The molecule has 3 rings (SSSR count). The number of ketones is 1. The Morgan fingerprint density at radius 1 is 1.00 bits per heavy atom. The highest BCUT2D eigenvalue weighted by Gasteiger charge is 2.25. The van der Waals surface area contributed by atoms with Gasteiger partial charge in [-0.15, -0.1) is 0 Å². The minimum absolute atomic E-state index is 0.00602. The number of aryl methyl sites for hydroxylation is 1. The van der Waals surface area contributed by atoms with E-state index in [9.17, 15) is 22.4 Å². The fourth-order valence-electron chi connectivity index (χ4n) is 3.70. The molecule has 0 aromatic heterocycles. The Bertz CT molecular complexity index is 1080. The van der Waals surface area contributed by atoms with Gasteiger partial charge in [0, 0.05) is 19.5 Å². The number of benzene rings is 2. The van der Waals surface area contributed by atoms with E-state index < -0.39 is 34.2 Å². The summed E-state index contributed by atoms with van der Waals surface area (Å²) in [7, 11) is -2.16. The number of Topliss-reactive ketones (excluding diaryl/α,β-unsaturated/α-hetero) is 1. The van der Waals surface area contributed by atoms with Crippen molar-refractivity contribution < 1.29 is 31.9 Å². The summed E-state index contributed by atoms with van der Waals surface area (Å²) in [6.45, 7) is 0.554.